The van der Waals surface area contributed by atoms with Crippen molar-refractivity contribution in [2.45, 2.75) is 52.5 Å². The molecule has 4 N–H and O–H groups in total. The van der Waals surface area contributed by atoms with E-state index in [1.54, 1.807) is 0 Å². The van der Waals surface area contributed by atoms with Gasteiger partial charge in [0, 0.05) is 9.60 Å². The van der Waals surface area contributed by atoms with E-state index in [0.717, 1.165) is 0 Å². The maximum absolute atomic E-state index is 11.6. The molecule has 102 valence electrons. The van der Waals surface area contributed by atoms with Crippen LogP contribution in [0, 0.1) is 5.89 Å². The van der Waals surface area contributed by atoms with Gasteiger partial charge >= 0.3 is 12.1 Å². The number of amides is 1. The highest BCUT2D eigenvalue weighted by Crippen LogP contribution is 2.09. The van der Waals surface area contributed by atoms with Crippen molar-refractivity contribution in [2.24, 2.45) is 5.89 Å². The Bertz CT molecular complexity index is 441. The first kappa shape index (κ1) is 7.92. The van der Waals surface area contributed by atoms with E-state index in [2.05, 4.69) is 0 Å². The average Bonchev–Trinajstić information content (AvgIpc) is 2.21. The summed E-state index contributed by atoms with van der Waals surface area (Å²) in [5.41, 5.74) is -0.931. The molecule has 6 heteroatoms. The van der Waals surface area contributed by atoms with Crippen LogP contribution in [0.1, 0.15) is 50.5 Å². The molecule has 0 aliphatic rings. The van der Waals surface area contributed by atoms with Crippen molar-refractivity contribution < 1.29 is 34.5 Å². The molecule has 0 saturated carbocycles. The van der Waals surface area contributed by atoms with Gasteiger partial charge in [0.15, 0.2) is 0 Å². The van der Waals surface area contributed by atoms with E-state index in [-0.39, 0.29) is 5.48 Å². The molecule has 0 aliphatic heterocycles. The van der Waals surface area contributed by atoms with E-state index in [1.807, 2.05) is 5.32 Å². The van der Waals surface area contributed by atoms with Crippen molar-refractivity contribution in [1.82, 2.24) is 5.32 Å². The second-order valence-electron chi connectivity index (χ2n) is 4.22. The number of carboxylic acid groups (broad SMARTS) is 1. The minimum atomic E-state index is -3.28. The molecule has 1 atom stereocenters. The van der Waals surface area contributed by atoms with E-state index >= 15 is 0 Å². The zero-order chi connectivity index (χ0) is 18.9. The Morgan fingerprint density at radius 2 is 2.00 bits per heavy atom. The summed E-state index contributed by atoms with van der Waals surface area (Å²) in [7, 11) is 0. The molecule has 0 heterocycles. The van der Waals surface area contributed by atoms with Gasteiger partial charge in [-0.15, -0.1) is 0 Å². The predicted molar refractivity (Wildman–Crippen MR) is 63.9 cm³/mol. The third-order valence-electron chi connectivity index (χ3n) is 1.40. The van der Waals surface area contributed by atoms with Crippen LogP contribution in [0.3, 0.4) is 0 Å². The fourth-order valence-corrected chi connectivity index (χ4v) is 0.854. The van der Waals surface area contributed by atoms with Crippen molar-refractivity contribution in [3.8, 4) is 0 Å². The molecule has 1 amide bonds. The van der Waals surface area contributed by atoms with Crippen LogP contribution in [0.25, 0.3) is 0 Å². The monoisotopic (exact) mass is 256 g/mol. The average molecular weight is 256 g/mol. The normalized spacial score (nSPS) is 20.8. The van der Waals surface area contributed by atoms with Crippen LogP contribution in [0.15, 0.2) is 0 Å². The molecule has 0 unspecified atom stereocenters. The lowest BCUT2D eigenvalue weighted by Crippen LogP contribution is -2.44. The molecule has 0 spiro atoms. The van der Waals surface area contributed by atoms with Gasteiger partial charge in [0.05, 0.1) is 0 Å². The van der Waals surface area contributed by atoms with E-state index in [0.29, 0.717) is 0 Å². The Hall–Kier alpha value is -1.30. The summed E-state index contributed by atoms with van der Waals surface area (Å²) in [5, 5.41) is 11.0. The maximum atomic E-state index is 11.6. The molecule has 0 aromatic rings. The van der Waals surface area contributed by atoms with Gasteiger partial charge in [-0.2, -0.15) is 0 Å². The van der Waals surface area contributed by atoms with Crippen LogP contribution < -0.4 is 5.32 Å². The van der Waals surface area contributed by atoms with Crippen molar-refractivity contribution in [2.75, 3.05) is 0 Å². The van der Waals surface area contributed by atoms with Gasteiger partial charge in [-0.1, -0.05) is 13.7 Å². The molecule has 0 aromatic carbocycles. The van der Waals surface area contributed by atoms with E-state index in [1.165, 1.54) is 20.8 Å². The Labute approximate surface area is 111 Å². The molecule has 6 nitrogen and oxygen atoms in total. The number of rotatable bonds is 4. The third-order valence-corrected chi connectivity index (χ3v) is 1.40. The molecule has 0 aliphatic carbocycles. The molecular formula is C11H23NO5. The minimum absolute atomic E-state index is 0. The number of aliphatic carboxylic acids is 1. The fourth-order valence-electron chi connectivity index (χ4n) is 0.854. The van der Waals surface area contributed by atoms with Crippen LogP contribution in [0.2, 0.25) is 0 Å². The number of ether oxygens (including phenoxy) is 1. The second kappa shape index (κ2) is 7.11. The van der Waals surface area contributed by atoms with E-state index in [9.17, 15) is 9.59 Å². The Balaban J connectivity index is 0. The molecule has 17 heavy (non-hydrogen) atoms. The summed E-state index contributed by atoms with van der Waals surface area (Å²) >= 11 is 0. The molecule has 0 saturated heterocycles. The lowest BCUT2D eigenvalue weighted by Gasteiger charge is -2.22. The van der Waals surface area contributed by atoms with Gasteiger partial charge in [-0.05, 0) is 33.1 Å². The summed E-state index contributed by atoms with van der Waals surface area (Å²) in [6.07, 6.45) is -2.28. The standard InChI is InChI=1S/C11H21NO4.H2O/c1-7(2)6-8(9(13)14)12-10(15)16-11(3,4)5;/h7-8H,6H2,1-5H3,(H,12,15)(H,13,14);1H2/t8-;/m0./s1/i1D3,2D3,7D;. The highest BCUT2D eigenvalue weighted by molar-refractivity contribution is 5.79. The number of carbonyl (C=O) groups is 2. The lowest BCUT2D eigenvalue weighted by molar-refractivity contribution is -0.139. The van der Waals surface area contributed by atoms with Crippen LogP contribution >= 0.6 is 0 Å². The van der Waals surface area contributed by atoms with Gasteiger partial charge in [-0.3, -0.25) is 0 Å². The molecule has 0 bridgehead atoms. The smallest absolute Gasteiger partial charge is 0.408 e. The third kappa shape index (κ3) is 9.62. The van der Waals surface area contributed by atoms with Gasteiger partial charge in [0.25, 0.3) is 0 Å². The molecular weight excluding hydrogens is 226 g/mol. The first-order chi connectivity index (χ1) is 9.91. The van der Waals surface area contributed by atoms with E-state index < -0.39 is 49.7 Å². The fraction of sp³-hybridized carbons (Fsp3) is 0.818. The van der Waals surface area contributed by atoms with Crippen molar-refractivity contribution >= 4 is 12.1 Å². The summed E-state index contributed by atoms with van der Waals surface area (Å²) < 4.78 is 56.1. The zero-order valence-corrected chi connectivity index (χ0v) is 9.96. The van der Waals surface area contributed by atoms with Crippen molar-refractivity contribution in [3.05, 3.63) is 0 Å². The first-order valence-corrected chi connectivity index (χ1v) is 4.63. The summed E-state index contributed by atoms with van der Waals surface area (Å²) in [4.78, 5) is 22.8. The van der Waals surface area contributed by atoms with Crippen LogP contribution in [-0.2, 0) is 9.53 Å². The number of carbonyl (C=O) groups excluding carboxylic acids is 1. The SMILES string of the molecule is O.[2H]C([2H])([2H])C([2H])(C[C@H](NC(=O)OC(C)(C)C)C(=O)O)C([2H])([2H])[2H]. The van der Waals surface area contributed by atoms with Crippen LogP contribution in [-0.4, -0.2) is 34.3 Å². The number of hydrogen-bond donors (Lipinski definition) is 2. The van der Waals surface area contributed by atoms with Crippen molar-refractivity contribution in [3.63, 3.8) is 0 Å². The first-order valence-electron chi connectivity index (χ1n) is 8.13. The highest BCUT2D eigenvalue weighted by atomic mass is 16.6. The molecule has 0 rings (SSSR count). The van der Waals surface area contributed by atoms with E-state index in [4.69, 9.17) is 19.4 Å². The van der Waals surface area contributed by atoms with Crippen LogP contribution in [0.5, 0.6) is 0 Å². The molecule has 0 aromatic heterocycles. The predicted octanol–water partition coefficient (Wildman–Crippen LogP) is 1.19. The Kier molecular flexibility index (Phi) is 3.31. The highest BCUT2D eigenvalue weighted by Gasteiger charge is 2.24. The Morgan fingerprint density at radius 1 is 1.47 bits per heavy atom. The van der Waals surface area contributed by atoms with Gasteiger partial charge < -0.3 is 20.6 Å². The summed E-state index contributed by atoms with van der Waals surface area (Å²) in [5.74, 6) is -4.72. The van der Waals surface area contributed by atoms with Gasteiger partial charge in [0.1, 0.15) is 11.6 Å². The number of carboxylic acids is 1. The van der Waals surface area contributed by atoms with Gasteiger partial charge in [0.2, 0.25) is 0 Å². The summed E-state index contributed by atoms with van der Waals surface area (Å²) in [6, 6.07) is -1.90. The second-order valence-corrected chi connectivity index (χ2v) is 4.22. The van der Waals surface area contributed by atoms with Gasteiger partial charge in [-0.25, -0.2) is 9.59 Å². The largest absolute Gasteiger partial charge is 0.480 e. The van der Waals surface area contributed by atoms with Crippen LogP contribution in [0.4, 0.5) is 4.79 Å². The Morgan fingerprint density at radius 3 is 2.35 bits per heavy atom. The lowest BCUT2D eigenvalue weighted by atomic mass is 10.0. The van der Waals surface area contributed by atoms with Crippen molar-refractivity contribution in [1.29, 1.82) is 0 Å². The number of nitrogens with one attached hydrogen (secondary N) is 1. The minimum Gasteiger partial charge on any atom is -0.480 e. The number of hydrogen-bond acceptors (Lipinski definition) is 3. The topological polar surface area (TPSA) is 107 Å². The molecule has 0 fully saturated rings. The maximum Gasteiger partial charge on any atom is 0.408 e. The molecule has 0 radical (unpaired) electrons. The zero-order valence-electron chi connectivity index (χ0n) is 17.0. The summed E-state index contributed by atoms with van der Waals surface area (Å²) in [6.45, 7) is -1.96. The quantitative estimate of drug-likeness (QED) is 0.787. The number of alkyl carbamates (subject to hydrolysis) is 1.